The van der Waals surface area contributed by atoms with E-state index in [-0.39, 0.29) is 81.2 Å². The molecule has 4 amide bonds. The summed E-state index contributed by atoms with van der Waals surface area (Å²) >= 11 is 2.65. The van der Waals surface area contributed by atoms with E-state index in [1.165, 1.54) is 46.7 Å². The van der Waals surface area contributed by atoms with Gasteiger partial charge in [-0.25, -0.2) is 9.59 Å². The molecule has 0 radical (unpaired) electrons. The molecule has 0 aliphatic heterocycles. The summed E-state index contributed by atoms with van der Waals surface area (Å²) < 4.78 is 0. The van der Waals surface area contributed by atoms with E-state index in [4.69, 9.17) is 0 Å². The van der Waals surface area contributed by atoms with Gasteiger partial charge in [-0.15, -0.1) is 22.7 Å². The molecule has 4 N–H and O–H groups in total. The molecule has 2 aromatic rings. The van der Waals surface area contributed by atoms with Crippen LogP contribution in [-0.4, -0.2) is 69.9 Å². The first kappa shape index (κ1) is 55.5. The molecule has 0 aromatic carbocycles. The van der Waals surface area contributed by atoms with Crippen LogP contribution in [0.15, 0.2) is 24.3 Å². The number of nitrogens with one attached hydrogen (secondary N) is 2. The summed E-state index contributed by atoms with van der Waals surface area (Å²) in [5.41, 5.74) is 3.62. The molecule has 0 bridgehead atoms. The predicted molar refractivity (Wildman–Crippen MR) is 291 cm³/mol. The predicted octanol–water partition coefficient (Wildman–Crippen LogP) is 13.3. The Balaban J connectivity index is 0.000000211. The fraction of sp³-hybridized carbons (Fsp3) is 0.690. The molecular formula is C58H84N4O8S2. The van der Waals surface area contributed by atoms with Gasteiger partial charge in [0.1, 0.15) is 9.75 Å². The average molecular weight is 1030 g/mol. The van der Waals surface area contributed by atoms with Gasteiger partial charge < -0.3 is 30.6 Å². The third kappa shape index (κ3) is 14.1. The lowest BCUT2D eigenvalue weighted by Gasteiger charge is -2.39. The molecule has 72 heavy (non-hydrogen) atoms. The lowest BCUT2D eigenvalue weighted by atomic mass is 9.81. The third-order valence-corrected chi connectivity index (χ3v) is 19.0. The molecule has 14 heteroatoms. The van der Waals surface area contributed by atoms with Gasteiger partial charge in [-0.2, -0.15) is 0 Å². The maximum Gasteiger partial charge on any atom is 0.348 e. The number of nitrogens with zero attached hydrogens (tertiary/aromatic N) is 2. The van der Waals surface area contributed by atoms with Crippen molar-refractivity contribution < 1.29 is 39.0 Å². The van der Waals surface area contributed by atoms with Gasteiger partial charge in [0, 0.05) is 57.6 Å². The van der Waals surface area contributed by atoms with E-state index in [0.29, 0.717) is 23.2 Å². The van der Waals surface area contributed by atoms with E-state index in [0.717, 1.165) is 151 Å². The van der Waals surface area contributed by atoms with Crippen LogP contribution < -0.4 is 20.4 Å². The number of allylic oxidation sites excluding steroid dienone is 4. The maximum atomic E-state index is 14.1. The summed E-state index contributed by atoms with van der Waals surface area (Å²) in [6.45, 7) is 12.1. The van der Waals surface area contributed by atoms with Crippen LogP contribution in [0, 0.1) is 35.5 Å². The minimum atomic E-state index is -0.953. The third-order valence-electron chi connectivity index (χ3n) is 16.6. The van der Waals surface area contributed by atoms with Crippen LogP contribution in [0.1, 0.15) is 225 Å². The highest BCUT2D eigenvalue weighted by Crippen LogP contribution is 2.44. The fourth-order valence-electron chi connectivity index (χ4n) is 12.0. The molecule has 4 fully saturated rings. The SMILES string of the molecule is CC1CCC(C(=O)N(c2cc(C3=CCCCC3)sc2C(=O)O)C2CCC(NC(=O)C(C)C)CC2)CC1.CC1CCC(C(=O)N(c2cc(C3=CCCCC3)sc2C(=O)O)C2CCC(NC(=O)C(C)C)CC2)CC1. The van der Waals surface area contributed by atoms with Gasteiger partial charge in [0.25, 0.3) is 0 Å². The Morgan fingerprint density at radius 2 is 0.861 bits per heavy atom. The molecular weight excluding hydrogens is 945 g/mol. The largest absolute Gasteiger partial charge is 0.477 e. The number of carbonyl (C=O) groups is 6. The minimum absolute atomic E-state index is 0.0371. The van der Waals surface area contributed by atoms with E-state index >= 15 is 0 Å². The maximum absolute atomic E-state index is 14.1. The van der Waals surface area contributed by atoms with E-state index in [1.54, 1.807) is 0 Å². The van der Waals surface area contributed by atoms with Crippen molar-refractivity contribution in [2.45, 2.75) is 220 Å². The number of carboxylic acids is 2. The molecule has 2 aromatic heterocycles. The molecule has 4 saturated carbocycles. The Bertz CT molecular complexity index is 2120. The van der Waals surface area contributed by atoms with E-state index in [2.05, 4.69) is 36.6 Å². The summed E-state index contributed by atoms with van der Waals surface area (Å²) in [6, 6.07) is 4.14. The molecule has 12 nitrogen and oxygen atoms in total. The summed E-state index contributed by atoms with van der Waals surface area (Å²) in [5, 5.41) is 26.6. The summed E-state index contributed by atoms with van der Waals surface area (Å²) in [4.78, 5) is 83.7. The second kappa shape index (κ2) is 25.8. The van der Waals surface area contributed by atoms with Crippen LogP contribution in [0.4, 0.5) is 11.4 Å². The van der Waals surface area contributed by atoms with Gasteiger partial charge in [0.2, 0.25) is 23.6 Å². The molecule has 8 rings (SSSR count). The van der Waals surface area contributed by atoms with Crippen LogP contribution in [0.3, 0.4) is 0 Å². The number of rotatable bonds is 14. The number of anilines is 2. The van der Waals surface area contributed by atoms with Gasteiger partial charge in [0.15, 0.2) is 0 Å². The zero-order valence-corrected chi connectivity index (χ0v) is 45.7. The Morgan fingerprint density at radius 1 is 0.514 bits per heavy atom. The van der Waals surface area contributed by atoms with Crippen molar-refractivity contribution in [3.05, 3.63) is 43.8 Å². The number of thiophene rings is 2. The fourth-order valence-corrected chi connectivity index (χ4v) is 14.1. The number of hydrogen-bond acceptors (Lipinski definition) is 8. The Kier molecular flexibility index (Phi) is 19.8. The zero-order valence-electron chi connectivity index (χ0n) is 44.1. The molecule has 0 saturated heterocycles. The molecule has 6 aliphatic rings. The van der Waals surface area contributed by atoms with E-state index in [1.807, 2.05) is 49.6 Å². The van der Waals surface area contributed by atoms with Crippen molar-refractivity contribution in [3.63, 3.8) is 0 Å². The zero-order chi connectivity index (χ0) is 51.6. The van der Waals surface area contributed by atoms with Crippen molar-refractivity contribution in [1.82, 2.24) is 10.6 Å². The number of aromatic carboxylic acids is 2. The first-order valence-electron chi connectivity index (χ1n) is 27.9. The van der Waals surface area contributed by atoms with Crippen molar-refractivity contribution in [2.75, 3.05) is 9.80 Å². The standard InChI is InChI=1S/2C29H42N2O4S/c2*1-18(2)27(32)30-22-13-15-23(16-14-22)31(28(33)21-11-9-19(3)10-12-21)24-17-25(36-26(24)29(34)35)20-7-5-4-6-8-20/h2*7,17-19,21-23H,4-6,8-16H2,1-3H3,(H,30,32)(H,34,35). The topological polar surface area (TPSA) is 173 Å². The molecule has 0 spiro atoms. The summed E-state index contributed by atoms with van der Waals surface area (Å²) in [5.74, 6) is -0.476. The Hall–Kier alpha value is -4.30. The van der Waals surface area contributed by atoms with Crippen LogP contribution >= 0.6 is 22.7 Å². The van der Waals surface area contributed by atoms with Gasteiger partial charge in [0.05, 0.1) is 11.4 Å². The Labute approximate surface area is 437 Å². The molecule has 6 aliphatic carbocycles. The highest BCUT2D eigenvalue weighted by atomic mass is 32.1. The Morgan fingerprint density at radius 3 is 1.15 bits per heavy atom. The second-order valence-electron chi connectivity index (χ2n) is 22.9. The first-order valence-corrected chi connectivity index (χ1v) is 29.5. The van der Waals surface area contributed by atoms with Gasteiger partial charge in [-0.3, -0.25) is 19.2 Å². The number of carbonyl (C=O) groups excluding carboxylic acids is 4. The van der Waals surface area contributed by atoms with Crippen LogP contribution in [0.25, 0.3) is 11.1 Å². The van der Waals surface area contributed by atoms with Crippen LogP contribution in [0.5, 0.6) is 0 Å². The van der Waals surface area contributed by atoms with Gasteiger partial charge in [-0.05, 0) is 189 Å². The van der Waals surface area contributed by atoms with Crippen molar-refractivity contribution in [2.24, 2.45) is 35.5 Å². The average Bonchev–Trinajstić information content (AvgIpc) is 4.03. The number of hydrogen-bond donors (Lipinski definition) is 4. The van der Waals surface area contributed by atoms with Crippen LogP contribution in [-0.2, 0) is 19.2 Å². The van der Waals surface area contributed by atoms with E-state index < -0.39 is 11.9 Å². The molecule has 0 atom stereocenters. The van der Waals surface area contributed by atoms with Gasteiger partial charge in [-0.1, -0.05) is 53.7 Å². The monoisotopic (exact) mass is 1030 g/mol. The second-order valence-corrected chi connectivity index (χ2v) is 25.0. The number of carboxylic acid groups (broad SMARTS) is 2. The highest BCUT2D eigenvalue weighted by molar-refractivity contribution is 7.16. The van der Waals surface area contributed by atoms with E-state index in [9.17, 15) is 39.0 Å². The number of amides is 4. The highest BCUT2D eigenvalue weighted by Gasteiger charge is 2.40. The first-order chi connectivity index (χ1) is 34.5. The van der Waals surface area contributed by atoms with Crippen molar-refractivity contribution >= 4 is 80.8 Å². The quantitative estimate of drug-likeness (QED) is 0.145. The van der Waals surface area contributed by atoms with Crippen molar-refractivity contribution in [1.29, 1.82) is 0 Å². The van der Waals surface area contributed by atoms with Gasteiger partial charge >= 0.3 is 11.9 Å². The minimum Gasteiger partial charge on any atom is -0.477 e. The van der Waals surface area contributed by atoms with Crippen LogP contribution in [0.2, 0.25) is 0 Å². The smallest absolute Gasteiger partial charge is 0.348 e. The molecule has 396 valence electrons. The normalized spacial score (nSPS) is 26.8. The molecule has 2 heterocycles. The van der Waals surface area contributed by atoms with Crippen molar-refractivity contribution in [3.8, 4) is 0 Å². The summed E-state index contributed by atoms with van der Waals surface area (Å²) in [7, 11) is 0. The lowest BCUT2D eigenvalue weighted by Crippen LogP contribution is -2.49. The lowest BCUT2D eigenvalue weighted by molar-refractivity contribution is -0.126. The molecule has 0 unspecified atom stereocenters. The summed E-state index contributed by atoms with van der Waals surface area (Å²) in [6.07, 6.45) is 27.0.